The zero-order chi connectivity index (χ0) is 14.7. The van der Waals surface area contributed by atoms with E-state index in [0.717, 1.165) is 0 Å². The number of imide groups is 1. The SMILES string of the molecule is COC(=O)NC(=O)[C@H](C)Sc1nc2ncc(Cl)cc2[nH]1. The number of pyridine rings is 1. The topological polar surface area (TPSA) is 97.0 Å². The molecule has 106 valence electrons. The molecule has 0 aliphatic carbocycles. The van der Waals surface area contributed by atoms with Crippen LogP contribution in [0.4, 0.5) is 4.79 Å². The Morgan fingerprint density at radius 1 is 1.55 bits per heavy atom. The van der Waals surface area contributed by atoms with Gasteiger partial charge in [-0.25, -0.2) is 14.8 Å². The van der Waals surface area contributed by atoms with Crippen molar-refractivity contribution in [3.63, 3.8) is 0 Å². The monoisotopic (exact) mass is 314 g/mol. The molecule has 9 heteroatoms. The van der Waals surface area contributed by atoms with Crippen molar-refractivity contribution in [1.82, 2.24) is 20.3 Å². The highest BCUT2D eigenvalue weighted by atomic mass is 35.5. The number of ether oxygens (including phenoxy) is 1. The molecule has 0 bridgehead atoms. The Morgan fingerprint density at radius 3 is 3.00 bits per heavy atom. The molecule has 2 rings (SSSR count). The van der Waals surface area contributed by atoms with Crippen molar-refractivity contribution in [2.45, 2.75) is 17.3 Å². The predicted molar refractivity (Wildman–Crippen MR) is 74.8 cm³/mol. The van der Waals surface area contributed by atoms with Gasteiger partial charge in [0.15, 0.2) is 10.8 Å². The van der Waals surface area contributed by atoms with E-state index in [1.807, 2.05) is 0 Å². The number of hydrogen-bond acceptors (Lipinski definition) is 6. The van der Waals surface area contributed by atoms with Gasteiger partial charge in [-0.1, -0.05) is 23.4 Å². The number of methoxy groups -OCH3 is 1. The summed E-state index contributed by atoms with van der Waals surface area (Å²) < 4.78 is 4.35. The third-order valence-corrected chi connectivity index (χ3v) is 3.54. The number of imidazole rings is 1. The third-order valence-electron chi connectivity index (χ3n) is 2.35. The number of H-pyrrole nitrogens is 1. The zero-order valence-corrected chi connectivity index (χ0v) is 12.2. The number of fused-ring (bicyclic) bond motifs is 1. The minimum Gasteiger partial charge on any atom is -0.453 e. The number of carbonyl (C=O) groups is 2. The van der Waals surface area contributed by atoms with Crippen molar-refractivity contribution in [2.75, 3.05) is 7.11 Å². The highest BCUT2D eigenvalue weighted by molar-refractivity contribution is 8.00. The van der Waals surface area contributed by atoms with Gasteiger partial charge < -0.3 is 9.72 Å². The number of alkyl carbamates (subject to hydrolysis) is 1. The summed E-state index contributed by atoms with van der Waals surface area (Å²) in [5.41, 5.74) is 1.19. The molecule has 0 fully saturated rings. The number of rotatable bonds is 3. The fourth-order valence-electron chi connectivity index (χ4n) is 1.38. The minimum atomic E-state index is -0.791. The Labute approximate surface area is 123 Å². The van der Waals surface area contributed by atoms with Crippen molar-refractivity contribution in [3.05, 3.63) is 17.3 Å². The molecule has 7 nitrogen and oxygen atoms in total. The average Bonchev–Trinajstić information content (AvgIpc) is 2.79. The second-order valence-corrected chi connectivity index (χ2v) is 5.57. The highest BCUT2D eigenvalue weighted by Crippen LogP contribution is 2.23. The van der Waals surface area contributed by atoms with Gasteiger partial charge in [-0.2, -0.15) is 0 Å². The largest absolute Gasteiger partial charge is 0.453 e. The van der Waals surface area contributed by atoms with Crippen LogP contribution in [0.1, 0.15) is 6.92 Å². The summed E-state index contributed by atoms with van der Waals surface area (Å²) in [6.07, 6.45) is 0.701. The maximum Gasteiger partial charge on any atom is 0.413 e. The van der Waals surface area contributed by atoms with Crippen molar-refractivity contribution in [1.29, 1.82) is 0 Å². The Kier molecular flexibility index (Phi) is 4.46. The van der Waals surface area contributed by atoms with Crippen molar-refractivity contribution < 1.29 is 14.3 Å². The van der Waals surface area contributed by atoms with Gasteiger partial charge in [0.2, 0.25) is 5.91 Å². The van der Waals surface area contributed by atoms with Crippen LogP contribution < -0.4 is 5.32 Å². The zero-order valence-electron chi connectivity index (χ0n) is 10.6. The molecule has 2 aromatic rings. The van der Waals surface area contributed by atoms with Gasteiger partial charge in [0.25, 0.3) is 0 Å². The molecule has 0 aromatic carbocycles. The van der Waals surface area contributed by atoms with Gasteiger partial charge in [0, 0.05) is 6.20 Å². The lowest BCUT2D eigenvalue weighted by atomic mass is 10.4. The molecule has 2 amide bonds. The van der Waals surface area contributed by atoms with Crippen LogP contribution in [-0.4, -0.2) is 39.3 Å². The lowest BCUT2D eigenvalue weighted by Gasteiger charge is -2.08. The van der Waals surface area contributed by atoms with Crippen molar-refractivity contribution in [3.8, 4) is 0 Å². The number of aromatic amines is 1. The summed E-state index contributed by atoms with van der Waals surface area (Å²) in [7, 11) is 1.19. The van der Waals surface area contributed by atoms with E-state index in [1.54, 1.807) is 13.0 Å². The van der Waals surface area contributed by atoms with E-state index in [0.29, 0.717) is 21.3 Å². The lowest BCUT2D eigenvalue weighted by molar-refractivity contribution is -0.119. The van der Waals surface area contributed by atoms with E-state index >= 15 is 0 Å². The first kappa shape index (κ1) is 14.6. The fraction of sp³-hybridized carbons (Fsp3) is 0.273. The Balaban J connectivity index is 2.07. The van der Waals surface area contributed by atoms with E-state index in [1.165, 1.54) is 25.1 Å². The molecule has 20 heavy (non-hydrogen) atoms. The summed E-state index contributed by atoms with van der Waals surface area (Å²) in [5.74, 6) is -0.465. The summed E-state index contributed by atoms with van der Waals surface area (Å²) in [6, 6.07) is 1.69. The number of amides is 2. The van der Waals surface area contributed by atoms with Crippen LogP contribution >= 0.6 is 23.4 Å². The summed E-state index contributed by atoms with van der Waals surface area (Å²) in [4.78, 5) is 33.9. The van der Waals surface area contributed by atoms with Gasteiger partial charge >= 0.3 is 6.09 Å². The number of nitrogens with one attached hydrogen (secondary N) is 2. The molecule has 0 aliphatic heterocycles. The van der Waals surface area contributed by atoms with Gasteiger partial charge in [-0.3, -0.25) is 10.1 Å². The molecule has 0 saturated carbocycles. The van der Waals surface area contributed by atoms with Crippen LogP contribution in [0.2, 0.25) is 5.02 Å². The molecule has 2 aromatic heterocycles. The molecule has 2 heterocycles. The molecule has 0 radical (unpaired) electrons. The first-order valence-corrected chi connectivity index (χ1v) is 6.82. The molecule has 1 atom stereocenters. The summed E-state index contributed by atoms with van der Waals surface area (Å²) in [6.45, 7) is 1.65. The second-order valence-electron chi connectivity index (χ2n) is 3.81. The molecular weight excluding hydrogens is 304 g/mol. The standard InChI is InChI=1S/C11H11ClN4O3S/c1-5(9(17)16-11(18)19-2)20-10-14-7-3-6(12)4-13-8(7)15-10/h3-5H,1-2H3,(H,13,14,15)(H,16,17,18)/t5-/m0/s1. The van der Waals surface area contributed by atoms with Gasteiger partial charge in [-0.05, 0) is 13.0 Å². The van der Waals surface area contributed by atoms with Crippen LogP contribution in [0.25, 0.3) is 11.2 Å². The Bertz CT molecular complexity index is 660. The van der Waals surface area contributed by atoms with Crippen LogP contribution in [0.5, 0.6) is 0 Å². The highest BCUT2D eigenvalue weighted by Gasteiger charge is 2.19. The average molecular weight is 315 g/mol. The van der Waals surface area contributed by atoms with E-state index in [9.17, 15) is 9.59 Å². The number of carbonyl (C=O) groups excluding carboxylic acids is 2. The van der Waals surface area contributed by atoms with Crippen LogP contribution in [0.3, 0.4) is 0 Å². The smallest absolute Gasteiger partial charge is 0.413 e. The van der Waals surface area contributed by atoms with E-state index < -0.39 is 17.3 Å². The van der Waals surface area contributed by atoms with E-state index in [-0.39, 0.29) is 0 Å². The van der Waals surface area contributed by atoms with Crippen LogP contribution in [-0.2, 0) is 9.53 Å². The molecule has 2 N–H and O–H groups in total. The molecule has 0 spiro atoms. The number of nitrogens with zero attached hydrogens (tertiary/aromatic N) is 2. The maximum atomic E-state index is 11.7. The van der Waals surface area contributed by atoms with Crippen LogP contribution in [0, 0.1) is 0 Å². The van der Waals surface area contributed by atoms with Gasteiger partial charge in [-0.15, -0.1) is 0 Å². The Morgan fingerprint density at radius 2 is 2.30 bits per heavy atom. The predicted octanol–water partition coefficient (Wildman–Crippen LogP) is 1.97. The molecule has 0 unspecified atom stereocenters. The maximum absolute atomic E-state index is 11.7. The quantitative estimate of drug-likeness (QED) is 0.841. The van der Waals surface area contributed by atoms with Gasteiger partial charge in [0.1, 0.15) is 0 Å². The molecule has 0 saturated heterocycles. The van der Waals surface area contributed by atoms with E-state index in [2.05, 4.69) is 25.0 Å². The normalized spacial score (nSPS) is 12.2. The second kappa shape index (κ2) is 6.10. The first-order chi connectivity index (χ1) is 9.49. The minimum absolute atomic E-state index is 0.465. The lowest BCUT2D eigenvalue weighted by Crippen LogP contribution is -2.35. The number of halogens is 1. The number of hydrogen-bond donors (Lipinski definition) is 2. The van der Waals surface area contributed by atoms with Crippen molar-refractivity contribution >= 4 is 46.5 Å². The summed E-state index contributed by atoms with van der Waals surface area (Å²) >= 11 is 6.99. The fourth-order valence-corrected chi connectivity index (χ4v) is 2.35. The number of aromatic nitrogens is 3. The van der Waals surface area contributed by atoms with Crippen LogP contribution in [0.15, 0.2) is 17.4 Å². The molecule has 0 aliphatic rings. The van der Waals surface area contributed by atoms with E-state index in [4.69, 9.17) is 11.6 Å². The van der Waals surface area contributed by atoms with Gasteiger partial charge in [0.05, 0.1) is 22.9 Å². The first-order valence-electron chi connectivity index (χ1n) is 5.56. The van der Waals surface area contributed by atoms with Crippen molar-refractivity contribution in [2.24, 2.45) is 0 Å². The molecular formula is C11H11ClN4O3S. The number of thioether (sulfide) groups is 1. The summed E-state index contributed by atoms with van der Waals surface area (Å²) in [5, 5.41) is 2.58. The third kappa shape index (κ3) is 3.40. The Hall–Kier alpha value is -1.80.